The van der Waals surface area contributed by atoms with Crippen LogP contribution in [0, 0.1) is 6.92 Å². The van der Waals surface area contributed by atoms with Crippen LogP contribution in [0.25, 0.3) is 0 Å². The lowest BCUT2D eigenvalue weighted by Crippen LogP contribution is -2.59. The van der Waals surface area contributed by atoms with Gasteiger partial charge in [-0.25, -0.2) is 4.98 Å². The van der Waals surface area contributed by atoms with Gasteiger partial charge in [0.05, 0.1) is 12.3 Å². The van der Waals surface area contributed by atoms with Crippen molar-refractivity contribution in [3.63, 3.8) is 0 Å². The van der Waals surface area contributed by atoms with E-state index in [2.05, 4.69) is 15.3 Å². The Bertz CT molecular complexity index is 526. The largest absolute Gasteiger partial charge is 0.378 e. The van der Waals surface area contributed by atoms with Crippen LogP contribution in [0.5, 0.6) is 0 Å². The van der Waals surface area contributed by atoms with Crippen LogP contribution < -0.4 is 16.0 Å². The van der Waals surface area contributed by atoms with E-state index < -0.39 is 5.54 Å². The fourth-order valence-corrected chi connectivity index (χ4v) is 2.55. The summed E-state index contributed by atoms with van der Waals surface area (Å²) in [6.07, 6.45) is 0.651. The fourth-order valence-electron chi connectivity index (χ4n) is 2.55. The van der Waals surface area contributed by atoms with Gasteiger partial charge in [-0.05, 0) is 6.92 Å². The maximum absolute atomic E-state index is 12.3. The molecule has 1 aromatic rings. The molecule has 2 aliphatic rings. The van der Waals surface area contributed by atoms with Gasteiger partial charge < -0.3 is 20.7 Å². The van der Waals surface area contributed by atoms with Crippen LogP contribution in [-0.4, -0.2) is 41.7 Å². The van der Waals surface area contributed by atoms with E-state index in [1.54, 1.807) is 6.92 Å². The summed E-state index contributed by atoms with van der Waals surface area (Å²) in [6.45, 7) is 6.75. The summed E-state index contributed by atoms with van der Waals surface area (Å²) in [4.78, 5) is 22.5. The van der Waals surface area contributed by atoms with E-state index in [0.29, 0.717) is 36.8 Å². The fraction of sp³-hybridized carbons (Fsp3) is 0.615. The normalized spacial score (nSPS) is 24.0. The first-order valence-electron chi connectivity index (χ1n) is 6.82. The van der Waals surface area contributed by atoms with E-state index in [0.717, 1.165) is 0 Å². The minimum absolute atomic E-state index is 0.0635. The van der Waals surface area contributed by atoms with Crippen LogP contribution in [0.1, 0.15) is 26.0 Å². The van der Waals surface area contributed by atoms with Crippen molar-refractivity contribution in [2.45, 2.75) is 32.7 Å². The molecule has 1 spiro atoms. The number of carbonyl (C=O) groups is 1. The van der Waals surface area contributed by atoms with Gasteiger partial charge in [0.2, 0.25) is 5.95 Å². The second-order valence-corrected chi connectivity index (χ2v) is 4.71. The lowest BCUT2D eigenvalue weighted by molar-refractivity contribution is -0.121. The summed E-state index contributed by atoms with van der Waals surface area (Å²) in [5, 5.41) is 2.88. The Morgan fingerprint density at radius 1 is 1.40 bits per heavy atom. The third-order valence-corrected chi connectivity index (χ3v) is 3.71. The molecule has 7 nitrogen and oxygen atoms in total. The number of nitrogens with one attached hydrogen (secondary N) is 1. The molecule has 0 radical (unpaired) electrons. The number of nitrogens with zero attached hydrogens (tertiary/aromatic N) is 3. The van der Waals surface area contributed by atoms with E-state index in [1.165, 1.54) is 0 Å². The lowest BCUT2D eigenvalue weighted by atomic mass is 9.93. The Morgan fingerprint density at radius 3 is 2.70 bits per heavy atom. The minimum Gasteiger partial charge on any atom is -0.378 e. The van der Waals surface area contributed by atoms with E-state index in [1.807, 2.05) is 25.8 Å². The molecule has 0 aromatic carbocycles. The average molecular weight is 279 g/mol. The first-order valence-corrected chi connectivity index (χ1v) is 6.82. The SMILES string of the molecule is CC.Cc1nc(N)nc2c1NC(=O)C1(CCOC1)N2C. The molecule has 0 saturated carbocycles. The number of nitrogens with two attached hydrogens (primary N) is 1. The highest BCUT2D eigenvalue weighted by Crippen LogP contribution is 2.39. The second-order valence-electron chi connectivity index (χ2n) is 4.71. The highest BCUT2D eigenvalue weighted by molar-refractivity contribution is 6.06. The van der Waals surface area contributed by atoms with Gasteiger partial charge in [-0.15, -0.1) is 0 Å². The number of anilines is 3. The summed E-state index contributed by atoms with van der Waals surface area (Å²) in [7, 11) is 1.85. The number of ether oxygens (including phenoxy) is 1. The van der Waals surface area contributed by atoms with Crippen molar-refractivity contribution in [1.82, 2.24) is 9.97 Å². The lowest BCUT2D eigenvalue weighted by Gasteiger charge is -2.41. The van der Waals surface area contributed by atoms with Crippen LogP contribution in [-0.2, 0) is 9.53 Å². The molecule has 20 heavy (non-hydrogen) atoms. The predicted octanol–water partition coefficient (Wildman–Crippen LogP) is 0.941. The number of amides is 1. The predicted molar refractivity (Wildman–Crippen MR) is 77.7 cm³/mol. The Hall–Kier alpha value is -1.89. The average Bonchev–Trinajstić information content (AvgIpc) is 2.92. The monoisotopic (exact) mass is 279 g/mol. The number of likely N-dealkylation sites (N-methyl/N-ethyl adjacent to an activating group) is 1. The van der Waals surface area contributed by atoms with Crippen molar-refractivity contribution in [3.8, 4) is 0 Å². The van der Waals surface area contributed by atoms with Gasteiger partial charge in [0, 0.05) is 20.1 Å². The Morgan fingerprint density at radius 2 is 2.10 bits per heavy atom. The molecule has 0 aliphatic carbocycles. The zero-order valence-corrected chi connectivity index (χ0v) is 12.4. The Labute approximate surface area is 118 Å². The molecule has 3 heterocycles. The van der Waals surface area contributed by atoms with Crippen molar-refractivity contribution in [1.29, 1.82) is 0 Å². The summed E-state index contributed by atoms with van der Waals surface area (Å²) in [6, 6.07) is 0. The maximum Gasteiger partial charge on any atom is 0.252 e. The third kappa shape index (κ3) is 1.98. The van der Waals surface area contributed by atoms with Crippen LogP contribution in [0.3, 0.4) is 0 Å². The molecule has 1 amide bonds. The topological polar surface area (TPSA) is 93.4 Å². The third-order valence-electron chi connectivity index (χ3n) is 3.71. The summed E-state index contributed by atoms with van der Waals surface area (Å²) in [5.74, 6) is 0.805. The second kappa shape index (κ2) is 5.24. The molecule has 1 atom stereocenters. The quantitative estimate of drug-likeness (QED) is 0.734. The van der Waals surface area contributed by atoms with Gasteiger partial charge in [-0.2, -0.15) is 4.98 Å². The first-order chi connectivity index (χ1) is 9.54. The molecule has 3 rings (SSSR count). The number of hydrogen-bond acceptors (Lipinski definition) is 6. The highest BCUT2D eigenvalue weighted by Gasteiger charge is 2.50. The maximum atomic E-state index is 12.3. The molecule has 1 aromatic heterocycles. The molecular weight excluding hydrogens is 258 g/mol. The van der Waals surface area contributed by atoms with Gasteiger partial charge in [0.1, 0.15) is 11.2 Å². The van der Waals surface area contributed by atoms with Crippen molar-refractivity contribution in [3.05, 3.63) is 5.69 Å². The van der Waals surface area contributed by atoms with E-state index in [9.17, 15) is 4.79 Å². The number of carbonyl (C=O) groups excluding carboxylic acids is 1. The van der Waals surface area contributed by atoms with Gasteiger partial charge in [-0.3, -0.25) is 4.79 Å². The molecule has 7 heteroatoms. The summed E-state index contributed by atoms with van der Waals surface area (Å²) in [5.41, 5.74) is 6.31. The van der Waals surface area contributed by atoms with E-state index >= 15 is 0 Å². The number of hydrogen-bond donors (Lipinski definition) is 2. The van der Waals surface area contributed by atoms with Gasteiger partial charge >= 0.3 is 0 Å². The summed E-state index contributed by atoms with van der Waals surface area (Å²) >= 11 is 0. The smallest absolute Gasteiger partial charge is 0.252 e. The van der Waals surface area contributed by atoms with Gasteiger partial charge in [0.25, 0.3) is 5.91 Å². The Balaban J connectivity index is 0.000000704. The van der Waals surface area contributed by atoms with Crippen molar-refractivity contribution in [2.75, 3.05) is 36.2 Å². The first kappa shape index (κ1) is 14.5. The number of aromatic nitrogens is 2. The van der Waals surface area contributed by atoms with Gasteiger partial charge in [0.15, 0.2) is 5.82 Å². The Kier molecular flexibility index (Phi) is 3.80. The van der Waals surface area contributed by atoms with Crippen LogP contribution in [0.4, 0.5) is 17.5 Å². The van der Waals surface area contributed by atoms with Crippen molar-refractivity contribution in [2.24, 2.45) is 0 Å². The molecule has 110 valence electrons. The number of rotatable bonds is 0. The zero-order chi connectivity index (χ0) is 14.9. The molecule has 0 bridgehead atoms. The minimum atomic E-state index is -0.666. The van der Waals surface area contributed by atoms with Crippen molar-refractivity contribution < 1.29 is 9.53 Å². The number of aryl methyl sites for hydroxylation is 1. The van der Waals surface area contributed by atoms with Crippen LogP contribution >= 0.6 is 0 Å². The van der Waals surface area contributed by atoms with Crippen LogP contribution in [0.2, 0.25) is 0 Å². The molecular formula is C13H21N5O2. The zero-order valence-electron chi connectivity index (χ0n) is 12.4. The standard InChI is InChI=1S/C11H15N5O2.C2H6/c1-6-7-8(15-10(12)13-6)16(2)11(9(17)14-7)3-4-18-5-11;1-2/h3-5H2,1-2H3,(H,14,17)(H2,12,13,15);1-2H3. The van der Waals surface area contributed by atoms with Crippen LogP contribution in [0.15, 0.2) is 0 Å². The highest BCUT2D eigenvalue weighted by atomic mass is 16.5. The summed E-state index contributed by atoms with van der Waals surface area (Å²) < 4.78 is 5.38. The molecule has 1 fully saturated rings. The molecule has 2 aliphatic heterocycles. The molecule has 3 N–H and O–H groups in total. The number of nitrogen functional groups attached to an aromatic ring is 1. The van der Waals surface area contributed by atoms with E-state index in [4.69, 9.17) is 10.5 Å². The molecule has 1 unspecified atom stereocenters. The molecule has 1 saturated heterocycles. The van der Waals surface area contributed by atoms with Crippen molar-refractivity contribution >= 4 is 23.4 Å². The van der Waals surface area contributed by atoms with Gasteiger partial charge in [-0.1, -0.05) is 13.8 Å². The van der Waals surface area contributed by atoms with E-state index in [-0.39, 0.29) is 11.9 Å². The number of fused-ring (bicyclic) bond motifs is 1.